The minimum absolute atomic E-state index is 0.00324. The van der Waals surface area contributed by atoms with Crippen LogP contribution in [-0.4, -0.2) is 23.0 Å². The van der Waals surface area contributed by atoms with E-state index in [9.17, 15) is 14.3 Å². The second-order valence-electron chi connectivity index (χ2n) is 5.79. The number of aromatic hydroxyl groups is 1. The van der Waals surface area contributed by atoms with Crippen LogP contribution in [0.4, 0.5) is 4.39 Å². The molecular formula is C18H18FNO2. The van der Waals surface area contributed by atoms with E-state index in [0.29, 0.717) is 24.1 Å². The fourth-order valence-electron chi connectivity index (χ4n) is 2.85. The molecular weight excluding hydrogens is 281 g/mol. The van der Waals surface area contributed by atoms with E-state index >= 15 is 0 Å². The van der Waals surface area contributed by atoms with E-state index in [-0.39, 0.29) is 29.3 Å². The van der Waals surface area contributed by atoms with E-state index in [1.54, 1.807) is 48.3 Å². The van der Waals surface area contributed by atoms with Gasteiger partial charge in [-0.25, -0.2) is 4.39 Å². The molecule has 2 aromatic rings. The summed E-state index contributed by atoms with van der Waals surface area (Å²) in [5.74, 6) is -0.250. The summed E-state index contributed by atoms with van der Waals surface area (Å²) in [4.78, 5) is 14.0. The Morgan fingerprint density at radius 3 is 2.64 bits per heavy atom. The molecule has 1 N–H and O–H groups in total. The van der Waals surface area contributed by atoms with Gasteiger partial charge in [0.1, 0.15) is 11.6 Å². The third-order valence-electron chi connectivity index (χ3n) is 4.19. The third kappa shape index (κ3) is 2.82. The number of rotatable bonds is 4. The molecule has 0 bridgehead atoms. The zero-order valence-corrected chi connectivity index (χ0v) is 12.4. The molecule has 22 heavy (non-hydrogen) atoms. The van der Waals surface area contributed by atoms with Gasteiger partial charge in [-0.1, -0.05) is 36.4 Å². The van der Waals surface area contributed by atoms with Crippen LogP contribution < -0.4 is 0 Å². The van der Waals surface area contributed by atoms with E-state index in [1.165, 1.54) is 6.07 Å². The summed E-state index contributed by atoms with van der Waals surface area (Å²) < 4.78 is 13.8. The van der Waals surface area contributed by atoms with Crippen molar-refractivity contribution in [3.05, 3.63) is 65.5 Å². The lowest BCUT2D eigenvalue weighted by molar-refractivity contribution is -0.131. The van der Waals surface area contributed by atoms with Gasteiger partial charge in [-0.2, -0.15) is 0 Å². The lowest BCUT2D eigenvalue weighted by Crippen LogP contribution is -2.28. The van der Waals surface area contributed by atoms with Crippen LogP contribution in [0.25, 0.3) is 0 Å². The number of phenolic OH excluding ortho intramolecular Hbond substituents is 1. The molecule has 3 rings (SSSR count). The highest BCUT2D eigenvalue weighted by molar-refractivity contribution is 5.82. The Kier molecular flexibility index (Phi) is 3.84. The molecule has 0 heterocycles. The maximum atomic E-state index is 13.8. The molecule has 0 saturated heterocycles. The number of phenols is 1. The number of hydrogen-bond acceptors (Lipinski definition) is 2. The quantitative estimate of drug-likeness (QED) is 0.941. The van der Waals surface area contributed by atoms with Crippen LogP contribution >= 0.6 is 0 Å². The molecule has 114 valence electrons. The monoisotopic (exact) mass is 299 g/mol. The normalized spacial score (nSPS) is 19.7. The van der Waals surface area contributed by atoms with Gasteiger partial charge >= 0.3 is 0 Å². The van der Waals surface area contributed by atoms with E-state index in [0.717, 1.165) is 0 Å². The second kappa shape index (κ2) is 5.79. The van der Waals surface area contributed by atoms with Gasteiger partial charge < -0.3 is 10.0 Å². The number of hydrogen-bond donors (Lipinski definition) is 1. The van der Waals surface area contributed by atoms with Gasteiger partial charge in [0.05, 0.1) is 0 Å². The predicted molar refractivity (Wildman–Crippen MR) is 81.8 cm³/mol. The number of nitrogens with zero attached hydrogens (tertiary/aromatic N) is 1. The average Bonchev–Trinajstić information content (AvgIpc) is 3.29. The zero-order valence-electron chi connectivity index (χ0n) is 12.4. The summed E-state index contributed by atoms with van der Waals surface area (Å²) in [5, 5.41) is 9.77. The second-order valence-corrected chi connectivity index (χ2v) is 5.79. The van der Waals surface area contributed by atoms with Crippen molar-refractivity contribution in [2.75, 3.05) is 7.05 Å². The minimum Gasteiger partial charge on any atom is -0.508 e. The van der Waals surface area contributed by atoms with Crippen LogP contribution in [0.2, 0.25) is 0 Å². The van der Waals surface area contributed by atoms with Crippen LogP contribution in [-0.2, 0) is 11.3 Å². The molecule has 1 aliphatic rings. The Balaban J connectivity index is 1.66. The van der Waals surface area contributed by atoms with Crippen molar-refractivity contribution in [1.82, 2.24) is 4.90 Å². The Morgan fingerprint density at radius 1 is 1.23 bits per heavy atom. The number of carbonyl (C=O) groups excluding carboxylic acids is 1. The maximum absolute atomic E-state index is 13.8. The van der Waals surface area contributed by atoms with Gasteiger partial charge in [-0.3, -0.25) is 4.79 Å². The van der Waals surface area contributed by atoms with Crippen molar-refractivity contribution >= 4 is 5.91 Å². The van der Waals surface area contributed by atoms with E-state index < -0.39 is 0 Å². The number of benzene rings is 2. The van der Waals surface area contributed by atoms with E-state index in [1.807, 2.05) is 6.07 Å². The average molecular weight is 299 g/mol. The molecule has 0 aliphatic heterocycles. The molecule has 1 aliphatic carbocycles. The SMILES string of the molecule is CN(Cc1ccccc1O)C(=O)C1CC1c1ccccc1F. The topological polar surface area (TPSA) is 40.5 Å². The highest BCUT2D eigenvalue weighted by atomic mass is 19.1. The largest absolute Gasteiger partial charge is 0.508 e. The third-order valence-corrected chi connectivity index (χ3v) is 4.19. The first-order valence-corrected chi connectivity index (χ1v) is 7.34. The lowest BCUT2D eigenvalue weighted by atomic mass is 10.1. The van der Waals surface area contributed by atoms with Gasteiger partial charge in [0, 0.05) is 25.1 Å². The zero-order chi connectivity index (χ0) is 15.7. The predicted octanol–water partition coefficient (Wildman–Crippen LogP) is 3.29. The van der Waals surface area contributed by atoms with E-state index in [4.69, 9.17) is 0 Å². The first-order valence-electron chi connectivity index (χ1n) is 7.34. The highest BCUT2D eigenvalue weighted by Gasteiger charge is 2.46. The Morgan fingerprint density at radius 2 is 1.91 bits per heavy atom. The summed E-state index contributed by atoms with van der Waals surface area (Å²) in [6, 6.07) is 13.6. The van der Waals surface area contributed by atoms with Crippen molar-refractivity contribution in [3.8, 4) is 5.75 Å². The molecule has 2 atom stereocenters. The van der Waals surface area contributed by atoms with Gasteiger partial charge in [0.25, 0.3) is 0 Å². The standard InChI is InChI=1S/C18H18FNO2/c1-20(11-12-6-2-5-9-17(12)21)18(22)15-10-14(15)13-7-3-4-8-16(13)19/h2-9,14-15,21H,10-11H2,1H3. The smallest absolute Gasteiger partial charge is 0.226 e. The fourth-order valence-corrected chi connectivity index (χ4v) is 2.85. The van der Waals surface area contributed by atoms with Gasteiger partial charge in [0.15, 0.2) is 0 Å². The first-order chi connectivity index (χ1) is 10.6. The van der Waals surface area contributed by atoms with Gasteiger partial charge in [0.2, 0.25) is 5.91 Å². The molecule has 2 aromatic carbocycles. The van der Waals surface area contributed by atoms with Crippen molar-refractivity contribution in [1.29, 1.82) is 0 Å². The number of para-hydroxylation sites is 1. The summed E-state index contributed by atoms with van der Waals surface area (Å²) >= 11 is 0. The molecule has 0 radical (unpaired) electrons. The van der Waals surface area contributed by atoms with Crippen molar-refractivity contribution < 1.29 is 14.3 Å². The van der Waals surface area contributed by atoms with Crippen molar-refractivity contribution in [2.45, 2.75) is 18.9 Å². The Bertz CT molecular complexity index is 697. The highest BCUT2D eigenvalue weighted by Crippen LogP contribution is 2.49. The summed E-state index contributed by atoms with van der Waals surface area (Å²) in [6.45, 7) is 0.353. The van der Waals surface area contributed by atoms with Crippen LogP contribution in [0.3, 0.4) is 0 Å². The van der Waals surface area contributed by atoms with Crippen molar-refractivity contribution in [2.24, 2.45) is 5.92 Å². The summed E-state index contributed by atoms with van der Waals surface area (Å²) in [5.41, 5.74) is 1.33. The molecule has 3 nitrogen and oxygen atoms in total. The summed E-state index contributed by atoms with van der Waals surface area (Å²) in [6.07, 6.45) is 0.685. The molecule has 2 unspecified atom stereocenters. The minimum atomic E-state index is -0.244. The lowest BCUT2D eigenvalue weighted by Gasteiger charge is -2.18. The number of halogens is 1. The molecule has 0 aromatic heterocycles. The Labute approximate surface area is 129 Å². The van der Waals surface area contributed by atoms with Crippen LogP contribution in [0, 0.1) is 11.7 Å². The van der Waals surface area contributed by atoms with Gasteiger partial charge in [-0.15, -0.1) is 0 Å². The molecule has 4 heteroatoms. The number of amides is 1. The molecule has 1 fully saturated rings. The Hall–Kier alpha value is -2.36. The van der Waals surface area contributed by atoms with E-state index in [2.05, 4.69) is 0 Å². The first kappa shape index (κ1) is 14.6. The van der Waals surface area contributed by atoms with Crippen LogP contribution in [0.15, 0.2) is 48.5 Å². The molecule has 0 spiro atoms. The summed E-state index contributed by atoms with van der Waals surface area (Å²) in [7, 11) is 1.71. The van der Waals surface area contributed by atoms with Gasteiger partial charge in [-0.05, 0) is 30.0 Å². The van der Waals surface area contributed by atoms with Crippen LogP contribution in [0.1, 0.15) is 23.5 Å². The van der Waals surface area contributed by atoms with Crippen molar-refractivity contribution in [3.63, 3.8) is 0 Å². The number of carbonyl (C=O) groups is 1. The fraction of sp³-hybridized carbons (Fsp3) is 0.278. The maximum Gasteiger partial charge on any atom is 0.226 e. The molecule has 1 amide bonds. The van der Waals surface area contributed by atoms with Crippen LogP contribution in [0.5, 0.6) is 5.75 Å². The molecule has 1 saturated carbocycles.